The van der Waals surface area contributed by atoms with E-state index in [-0.39, 0.29) is 21.4 Å². The first kappa shape index (κ1) is 22.7. The van der Waals surface area contributed by atoms with E-state index in [2.05, 4.69) is 19.4 Å². The molecule has 8 nitrogen and oxygen atoms in total. The number of hydrogen-bond donors (Lipinski definition) is 2. The van der Waals surface area contributed by atoms with Crippen LogP contribution >= 0.6 is 0 Å². The summed E-state index contributed by atoms with van der Waals surface area (Å²) in [6, 6.07) is 10.8. The van der Waals surface area contributed by atoms with Crippen molar-refractivity contribution < 1.29 is 16.8 Å². The minimum atomic E-state index is -3.93. The van der Waals surface area contributed by atoms with Crippen LogP contribution in [0.4, 0.5) is 11.6 Å². The van der Waals surface area contributed by atoms with Gasteiger partial charge in [-0.25, -0.2) is 31.5 Å². The number of sulfonamides is 2. The largest absolute Gasteiger partial charge is 0.280 e. The quantitative estimate of drug-likeness (QED) is 0.580. The fourth-order valence-electron chi connectivity index (χ4n) is 3.45. The Kier molecular flexibility index (Phi) is 6.06. The molecule has 10 heteroatoms. The lowest BCUT2D eigenvalue weighted by atomic mass is 10.1. The zero-order chi connectivity index (χ0) is 23.0. The van der Waals surface area contributed by atoms with E-state index in [1.807, 2.05) is 6.92 Å². The smallest absolute Gasteiger partial charge is 0.264 e. The molecule has 3 rings (SSSR count). The number of aryl methyl sites for hydroxylation is 5. The van der Waals surface area contributed by atoms with Gasteiger partial charge in [-0.15, -0.1) is 0 Å². The second-order valence-electron chi connectivity index (χ2n) is 7.44. The molecule has 1 heterocycles. The summed E-state index contributed by atoms with van der Waals surface area (Å²) in [7, 11) is -7.76. The molecule has 0 aliphatic rings. The van der Waals surface area contributed by atoms with E-state index in [4.69, 9.17) is 0 Å². The monoisotopic (exact) mass is 460 g/mol. The number of benzene rings is 2. The number of rotatable bonds is 6. The molecule has 0 saturated carbocycles. The van der Waals surface area contributed by atoms with Crippen LogP contribution in [0, 0.1) is 34.6 Å². The first-order chi connectivity index (χ1) is 14.4. The number of nitrogens with one attached hydrogen (secondary N) is 2. The van der Waals surface area contributed by atoms with Crippen molar-refractivity contribution in [2.75, 3.05) is 9.44 Å². The Hall–Kier alpha value is -2.98. The van der Waals surface area contributed by atoms with Crippen LogP contribution in [-0.2, 0) is 20.0 Å². The standard InChI is InChI=1S/C21H24N4O4S2/c1-13-10-14(2)20(15(3)11-13)31(28,29)24-18-6-8-19(9-7-18)30(26,27)25-21-22-16(4)12-17(5)23-21/h6-12,24H,1-5H3,(H,22,23,25). The van der Waals surface area contributed by atoms with E-state index in [1.165, 1.54) is 24.3 Å². The second-order valence-corrected chi connectivity index (χ2v) is 10.7. The SMILES string of the molecule is Cc1cc(C)c(S(=O)(=O)Nc2ccc(S(=O)(=O)Nc3nc(C)cc(C)n3)cc2)c(C)c1. The molecule has 0 aliphatic carbocycles. The molecule has 0 saturated heterocycles. The van der Waals surface area contributed by atoms with E-state index < -0.39 is 20.0 Å². The lowest BCUT2D eigenvalue weighted by Crippen LogP contribution is -2.17. The Bertz CT molecular complexity index is 1310. The molecule has 1 aromatic heterocycles. The summed E-state index contributed by atoms with van der Waals surface area (Å²) in [6.07, 6.45) is 0. The molecule has 0 atom stereocenters. The average Bonchev–Trinajstić information content (AvgIpc) is 2.59. The molecule has 164 valence electrons. The summed E-state index contributed by atoms with van der Waals surface area (Å²) in [6.45, 7) is 8.87. The van der Waals surface area contributed by atoms with Crippen LogP contribution in [0.5, 0.6) is 0 Å². The summed E-state index contributed by atoms with van der Waals surface area (Å²) in [5.74, 6) is -0.0207. The van der Waals surface area contributed by atoms with Crippen molar-refractivity contribution in [2.24, 2.45) is 0 Å². The van der Waals surface area contributed by atoms with Gasteiger partial charge in [0.15, 0.2) is 0 Å². The van der Waals surface area contributed by atoms with Crippen molar-refractivity contribution >= 4 is 31.7 Å². The van der Waals surface area contributed by atoms with E-state index in [9.17, 15) is 16.8 Å². The van der Waals surface area contributed by atoms with Crippen molar-refractivity contribution in [2.45, 2.75) is 44.4 Å². The van der Waals surface area contributed by atoms with Gasteiger partial charge >= 0.3 is 0 Å². The van der Waals surface area contributed by atoms with Crippen molar-refractivity contribution in [1.82, 2.24) is 9.97 Å². The van der Waals surface area contributed by atoms with Crippen LogP contribution in [0.25, 0.3) is 0 Å². The Balaban J connectivity index is 1.84. The highest BCUT2D eigenvalue weighted by atomic mass is 32.2. The lowest BCUT2D eigenvalue weighted by molar-refractivity contribution is 0.599. The van der Waals surface area contributed by atoms with Crippen LogP contribution in [0.2, 0.25) is 0 Å². The highest BCUT2D eigenvalue weighted by Gasteiger charge is 2.21. The van der Waals surface area contributed by atoms with Crippen molar-refractivity contribution in [3.63, 3.8) is 0 Å². The maximum atomic E-state index is 12.9. The van der Waals surface area contributed by atoms with E-state index in [0.717, 1.165) is 5.56 Å². The predicted octanol–water partition coefficient (Wildman–Crippen LogP) is 3.62. The van der Waals surface area contributed by atoms with Gasteiger partial charge in [0.25, 0.3) is 20.0 Å². The van der Waals surface area contributed by atoms with Gasteiger partial charge in [0.05, 0.1) is 9.79 Å². The summed E-state index contributed by atoms with van der Waals surface area (Å²) in [4.78, 5) is 8.32. The topological polar surface area (TPSA) is 118 Å². The molecular weight excluding hydrogens is 436 g/mol. The summed E-state index contributed by atoms with van der Waals surface area (Å²) < 4.78 is 55.9. The number of anilines is 2. The fraction of sp³-hybridized carbons (Fsp3) is 0.238. The number of aromatic nitrogens is 2. The molecular formula is C21H24N4O4S2. The molecule has 0 fully saturated rings. The Labute approximate surface area is 182 Å². The molecule has 0 aliphatic heterocycles. The first-order valence-electron chi connectivity index (χ1n) is 9.43. The zero-order valence-electron chi connectivity index (χ0n) is 17.9. The van der Waals surface area contributed by atoms with E-state index in [0.29, 0.717) is 22.5 Å². The predicted molar refractivity (Wildman–Crippen MR) is 120 cm³/mol. The van der Waals surface area contributed by atoms with E-state index >= 15 is 0 Å². The molecule has 31 heavy (non-hydrogen) atoms. The third kappa shape index (κ3) is 5.20. The lowest BCUT2D eigenvalue weighted by Gasteiger charge is -2.14. The Morgan fingerprint density at radius 1 is 0.677 bits per heavy atom. The van der Waals surface area contributed by atoms with E-state index in [1.54, 1.807) is 45.9 Å². The third-order valence-electron chi connectivity index (χ3n) is 4.50. The van der Waals surface area contributed by atoms with Crippen LogP contribution in [0.3, 0.4) is 0 Å². The molecule has 3 aromatic rings. The molecule has 0 bridgehead atoms. The van der Waals surface area contributed by atoms with Gasteiger partial charge in [0, 0.05) is 17.1 Å². The molecule has 2 N–H and O–H groups in total. The van der Waals surface area contributed by atoms with Crippen LogP contribution in [0.15, 0.2) is 52.3 Å². The fourth-order valence-corrected chi connectivity index (χ4v) is 5.91. The van der Waals surface area contributed by atoms with Gasteiger partial charge in [-0.2, -0.15) is 0 Å². The Morgan fingerprint density at radius 3 is 1.71 bits per heavy atom. The summed E-state index contributed by atoms with van der Waals surface area (Å²) in [5, 5.41) is 0. The van der Waals surface area contributed by atoms with Gasteiger partial charge < -0.3 is 0 Å². The molecule has 0 amide bonds. The zero-order valence-corrected chi connectivity index (χ0v) is 19.5. The molecule has 0 unspecified atom stereocenters. The van der Waals surface area contributed by atoms with Gasteiger partial charge in [0.2, 0.25) is 5.95 Å². The van der Waals surface area contributed by atoms with Crippen molar-refractivity contribution in [3.05, 3.63) is 70.5 Å². The second kappa shape index (κ2) is 8.27. The molecule has 0 spiro atoms. The van der Waals surface area contributed by atoms with Crippen LogP contribution in [-0.4, -0.2) is 26.8 Å². The van der Waals surface area contributed by atoms with Crippen molar-refractivity contribution in [3.8, 4) is 0 Å². The minimum absolute atomic E-state index is 0.0207. The van der Waals surface area contributed by atoms with Crippen molar-refractivity contribution in [1.29, 1.82) is 0 Å². The summed E-state index contributed by atoms with van der Waals surface area (Å²) >= 11 is 0. The van der Waals surface area contributed by atoms with Gasteiger partial charge in [0.1, 0.15) is 0 Å². The van der Waals surface area contributed by atoms with Crippen LogP contribution in [0.1, 0.15) is 28.1 Å². The maximum Gasteiger partial charge on any atom is 0.264 e. The highest BCUT2D eigenvalue weighted by Crippen LogP contribution is 2.25. The highest BCUT2D eigenvalue weighted by molar-refractivity contribution is 7.93. The maximum absolute atomic E-state index is 12.9. The number of hydrogen-bond acceptors (Lipinski definition) is 6. The number of nitrogens with zero attached hydrogens (tertiary/aromatic N) is 2. The van der Waals surface area contributed by atoms with Crippen LogP contribution < -0.4 is 9.44 Å². The van der Waals surface area contributed by atoms with Gasteiger partial charge in [-0.05, 0) is 76.1 Å². The van der Waals surface area contributed by atoms with Gasteiger partial charge in [-0.3, -0.25) is 4.72 Å². The molecule has 2 aromatic carbocycles. The molecule has 0 radical (unpaired) electrons. The minimum Gasteiger partial charge on any atom is -0.280 e. The third-order valence-corrected chi connectivity index (χ3v) is 7.53. The summed E-state index contributed by atoms with van der Waals surface area (Å²) in [5.41, 5.74) is 3.78. The normalized spacial score (nSPS) is 11.9. The average molecular weight is 461 g/mol. The first-order valence-corrected chi connectivity index (χ1v) is 12.4. The Morgan fingerprint density at radius 2 is 1.19 bits per heavy atom. The van der Waals surface area contributed by atoms with Gasteiger partial charge in [-0.1, -0.05) is 17.7 Å².